The van der Waals surface area contributed by atoms with Crippen LogP contribution in [0, 0.1) is 11.8 Å². The highest BCUT2D eigenvalue weighted by Gasteiger charge is 2.19. The van der Waals surface area contributed by atoms with E-state index in [4.69, 9.17) is 5.11 Å². The minimum atomic E-state index is -0.0402. The van der Waals surface area contributed by atoms with Crippen molar-refractivity contribution in [2.75, 3.05) is 32.8 Å². The van der Waals surface area contributed by atoms with Gasteiger partial charge >= 0.3 is 0 Å². The SMILES string of the molecule is C=CC[N+](CC)(CC)CC#CCO.[Cl-]. The molecular formula is C11H20ClNO. The lowest BCUT2D eigenvalue weighted by Gasteiger charge is -2.33. The summed E-state index contributed by atoms with van der Waals surface area (Å²) in [6, 6.07) is 0. The molecule has 2 nitrogen and oxygen atoms in total. The third-order valence-electron chi connectivity index (χ3n) is 2.48. The lowest BCUT2D eigenvalue weighted by atomic mass is 10.3. The number of quaternary nitrogens is 1. The summed E-state index contributed by atoms with van der Waals surface area (Å²) < 4.78 is 0.941. The third-order valence-corrected chi connectivity index (χ3v) is 2.48. The minimum absolute atomic E-state index is 0. The number of aliphatic hydroxyl groups is 1. The van der Waals surface area contributed by atoms with E-state index in [2.05, 4.69) is 32.3 Å². The van der Waals surface area contributed by atoms with E-state index in [9.17, 15) is 0 Å². The van der Waals surface area contributed by atoms with Crippen LogP contribution < -0.4 is 12.4 Å². The van der Waals surface area contributed by atoms with E-state index in [-0.39, 0.29) is 19.0 Å². The molecule has 3 heteroatoms. The minimum Gasteiger partial charge on any atom is -1.00 e. The average molecular weight is 218 g/mol. The Labute approximate surface area is 93.6 Å². The van der Waals surface area contributed by atoms with Gasteiger partial charge in [0, 0.05) is 0 Å². The molecule has 0 atom stereocenters. The zero-order valence-corrected chi connectivity index (χ0v) is 9.85. The summed E-state index contributed by atoms with van der Waals surface area (Å²) in [6.07, 6.45) is 1.94. The van der Waals surface area contributed by atoms with E-state index in [1.54, 1.807) is 0 Å². The molecule has 14 heavy (non-hydrogen) atoms. The Balaban J connectivity index is 0. The van der Waals surface area contributed by atoms with Crippen molar-refractivity contribution in [2.45, 2.75) is 13.8 Å². The Morgan fingerprint density at radius 2 is 1.86 bits per heavy atom. The van der Waals surface area contributed by atoms with Crippen molar-refractivity contribution < 1.29 is 22.0 Å². The molecule has 0 amide bonds. The first-order valence-electron chi connectivity index (χ1n) is 4.77. The van der Waals surface area contributed by atoms with Crippen LogP contribution >= 0.6 is 0 Å². The van der Waals surface area contributed by atoms with E-state index in [1.807, 2.05) is 6.08 Å². The maximum Gasteiger partial charge on any atom is 0.141 e. The zero-order chi connectivity index (χ0) is 10.2. The lowest BCUT2D eigenvalue weighted by Crippen LogP contribution is -3.00. The number of halogens is 1. The van der Waals surface area contributed by atoms with Gasteiger partial charge in [0.1, 0.15) is 13.2 Å². The van der Waals surface area contributed by atoms with Gasteiger partial charge in [0.25, 0.3) is 0 Å². The summed E-state index contributed by atoms with van der Waals surface area (Å²) in [6.45, 7) is 11.9. The molecule has 0 aromatic heterocycles. The van der Waals surface area contributed by atoms with Gasteiger partial charge in [0.05, 0.1) is 19.6 Å². The molecule has 0 fully saturated rings. The summed E-state index contributed by atoms with van der Waals surface area (Å²) in [5.41, 5.74) is 0. The second-order valence-corrected chi connectivity index (χ2v) is 3.12. The topological polar surface area (TPSA) is 20.2 Å². The van der Waals surface area contributed by atoms with Gasteiger partial charge in [-0.25, -0.2) is 0 Å². The van der Waals surface area contributed by atoms with E-state index >= 15 is 0 Å². The van der Waals surface area contributed by atoms with E-state index in [1.165, 1.54) is 0 Å². The number of likely N-dealkylation sites (N-methyl/N-ethyl adjacent to an activating group) is 1. The highest BCUT2D eigenvalue weighted by Crippen LogP contribution is 2.04. The van der Waals surface area contributed by atoms with Crippen LogP contribution in [0.25, 0.3) is 0 Å². The van der Waals surface area contributed by atoms with Crippen molar-refractivity contribution >= 4 is 0 Å². The summed E-state index contributed by atoms with van der Waals surface area (Å²) in [4.78, 5) is 0. The van der Waals surface area contributed by atoms with Gasteiger partial charge in [-0.1, -0.05) is 12.5 Å². The van der Waals surface area contributed by atoms with Crippen molar-refractivity contribution in [3.8, 4) is 11.8 Å². The van der Waals surface area contributed by atoms with Crippen LogP contribution in [0.2, 0.25) is 0 Å². The van der Waals surface area contributed by atoms with Gasteiger partial charge in [-0.3, -0.25) is 0 Å². The molecule has 0 radical (unpaired) electrons. The molecule has 1 N–H and O–H groups in total. The first kappa shape index (κ1) is 16.0. The Hall–Kier alpha value is -0.490. The van der Waals surface area contributed by atoms with Crippen molar-refractivity contribution in [3.05, 3.63) is 12.7 Å². The number of nitrogens with zero attached hydrogens (tertiary/aromatic N) is 1. The molecule has 0 bridgehead atoms. The highest BCUT2D eigenvalue weighted by molar-refractivity contribution is 4.99. The van der Waals surface area contributed by atoms with Crippen molar-refractivity contribution in [2.24, 2.45) is 0 Å². The lowest BCUT2D eigenvalue weighted by molar-refractivity contribution is -0.912. The molecule has 0 rings (SSSR count). The van der Waals surface area contributed by atoms with Crippen molar-refractivity contribution in [3.63, 3.8) is 0 Å². The third kappa shape index (κ3) is 5.29. The molecule has 82 valence electrons. The van der Waals surface area contributed by atoms with Gasteiger partial charge in [-0.2, -0.15) is 0 Å². The van der Waals surface area contributed by atoms with Crippen molar-refractivity contribution in [1.29, 1.82) is 0 Å². The smallest absolute Gasteiger partial charge is 0.141 e. The maximum atomic E-state index is 8.54. The van der Waals surface area contributed by atoms with Crippen LogP contribution in [-0.2, 0) is 0 Å². The molecule has 0 aromatic rings. The molecule has 0 saturated carbocycles. The van der Waals surface area contributed by atoms with Crippen LogP contribution in [0.15, 0.2) is 12.7 Å². The molecule has 0 aliphatic heterocycles. The van der Waals surface area contributed by atoms with Crippen LogP contribution in [0.1, 0.15) is 13.8 Å². The summed E-state index contributed by atoms with van der Waals surface area (Å²) in [7, 11) is 0. The van der Waals surface area contributed by atoms with Gasteiger partial charge in [0.2, 0.25) is 0 Å². The predicted octanol–water partition coefficient (Wildman–Crippen LogP) is -1.97. The summed E-state index contributed by atoms with van der Waals surface area (Å²) >= 11 is 0. The van der Waals surface area contributed by atoms with Gasteiger partial charge < -0.3 is 22.0 Å². The van der Waals surface area contributed by atoms with Crippen LogP contribution in [0.4, 0.5) is 0 Å². The van der Waals surface area contributed by atoms with Gasteiger partial charge in [-0.15, -0.1) is 0 Å². The zero-order valence-electron chi connectivity index (χ0n) is 9.09. The molecule has 0 aromatic carbocycles. The van der Waals surface area contributed by atoms with E-state index in [0.29, 0.717) is 0 Å². The molecular weight excluding hydrogens is 198 g/mol. The number of hydrogen-bond donors (Lipinski definition) is 1. The fraction of sp³-hybridized carbons (Fsp3) is 0.636. The first-order valence-corrected chi connectivity index (χ1v) is 4.77. The molecule has 0 unspecified atom stereocenters. The first-order chi connectivity index (χ1) is 6.24. The highest BCUT2D eigenvalue weighted by atomic mass is 35.5. The Bertz CT molecular complexity index is 201. The molecule has 0 heterocycles. The van der Waals surface area contributed by atoms with Gasteiger partial charge in [0.15, 0.2) is 0 Å². The van der Waals surface area contributed by atoms with Crippen LogP contribution in [-0.4, -0.2) is 42.4 Å². The van der Waals surface area contributed by atoms with Crippen molar-refractivity contribution in [1.82, 2.24) is 0 Å². The average Bonchev–Trinajstić information content (AvgIpc) is 2.17. The molecule has 0 spiro atoms. The normalized spacial score (nSPS) is 9.64. The second kappa shape index (κ2) is 9.08. The quantitative estimate of drug-likeness (QED) is 0.322. The Kier molecular flexibility index (Phi) is 10.4. The predicted molar refractivity (Wildman–Crippen MR) is 56.1 cm³/mol. The van der Waals surface area contributed by atoms with E-state index < -0.39 is 0 Å². The van der Waals surface area contributed by atoms with E-state index in [0.717, 1.165) is 30.7 Å². The number of rotatable bonds is 5. The Morgan fingerprint density at radius 1 is 1.29 bits per heavy atom. The largest absolute Gasteiger partial charge is 1.00 e. The maximum absolute atomic E-state index is 8.54. The second-order valence-electron chi connectivity index (χ2n) is 3.12. The Morgan fingerprint density at radius 3 is 2.21 bits per heavy atom. The summed E-state index contributed by atoms with van der Waals surface area (Å²) in [5, 5.41) is 8.54. The summed E-state index contributed by atoms with van der Waals surface area (Å²) in [5.74, 6) is 5.67. The fourth-order valence-corrected chi connectivity index (χ4v) is 1.32. The number of hydrogen-bond acceptors (Lipinski definition) is 1. The molecule has 0 saturated heterocycles. The van der Waals surface area contributed by atoms with Gasteiger partial charge in [-0.05, 0) is 25.8 Å². The molecule has 0 aliphatic rings. The molecule has 0 aliphatic carbocycles. The van der Waals surface area contributed by atoms with Crippen LogP contribution in [0.3, 0.4) is 0 Å². The number of aliphatic hydroxyl groups excluding tert-OH is 1. The monoisotopic (exact) mass is 217 g/mol. The standard InChI is InChI=1S/C11H20NO.ClH/c1-4-9-12(5-2,6-3)10-7-8-11-13;/h4,13H,1,5-6,9-11H2,2-3H3;1H/q+1;/p-1. The van der Waals surface area contributed by atoms with Crippen LogP contribution in [0.5, 0.6) is 0 Å². The fourth-order valence-electron chi connectivity index (χ4n) is 1.32.